The minimum absolute atomic E-state index is 0.00488. The third-order valence-electron chi connectivity index (χ3n) is 3.47. The molecule has 1 aliphatic carbocycles. The Labute approximate surface area is 123 Å². The second-order valence-electron chi connectivity index (χ2n) is 5.17. The summed E-state index contributed by atoms with van der Waals surface area (Å²) in [5.41, 5.74) is 0.482. The molecule has 0 heterocycles. The van der Waals surface area contributed by atoms with Gasteiger partial charge in [0.1, 0.15) is 0 Å². The fourth-order valence-electron chi connectivity index (χ4n) is 2.30. The normalized spacial score (nSPS) is 22.6. The highest BCUT2D eigenvalue weighted by Gasteiger charge is 2.20. The number of aliphatic hydroxyl groups is 1. The largest absolute Gasteiger partial charge is 0.393 e. The smallest absolute Gasteiger partial charge is 0.319 e. The van der Waals surface area contributed by atoms with Crippen molar-refractivity contribution in [1.29, 1.82) is 0 Å². The lowest BCUT2D eigenvalue weighted by Crippen LogP contribution is -2.40. The number of rotatable bonds is 3. The van der Waals surface area contributed by atoms with Gasteiger partial charge < -0.3 is 15.7 Å². The molecule has 0 bridgehead atoms. The number of anilines is 1. The molecule has 1 saturated carbocycles. The topological polar surface area (TPSA) is 122 Å². The molecule has 21 heavy (non-hydrogen) atoms. The maximum atomic E-state index is 11.8. The van der Waals surface area contributed by atoms with Gasteiger partial charge in [-0.05, 0) is 49.9 Å². The fraction of sp³-hybridized carbons (Fsp3) is 0.462. The van der Waals surface area contributed by atoms with E-state index in [0.717, 1.165) is 12.8 Å². The zero-order chi connectivity index (χ0) is 15.5. The number of carbonyl (C=O) groups excluding carboxylic acids is 1. The molecule has 0 radical (unpaired) electrons. The second kappa shape index (κ2) is 6.42. The lowest BCUT2D eigenvalue weighted by Gasteiger charge is -2.26. The Kier molecular flexibility index (Phi) is 4.81. The van der Waals surface area contributed by atoms with E-state index in [-0.39, 0.29) is 23.1 Å². The first-order valence-electron chi connectivity index (χ1n) is 6.73. The van der Waals surface area contributed by atoms with E-state index in [9.17, 15) is 18.3 Å². The number of hydrogen-bond donors (Lipinski definition) is 4. The van der Waals surface area contributed by atoms with E-state index >= 15 is 0 Å². The summed E-state index contributed by atoms with van der Waals surface area (Å²) >= 11 is 0. The fourth-order valence-corrected chi connectivity index (χ4v) is 2.82. The van der Waals surface area contributed by atoms with Crippen molar-refractivity contribution in [3.63, 3.8) is 0 Å². The van der Waals surface area contributed by atoms with Crippen LogP contribution in [0.15, 0.2) is 29.2 Å². The van der Waals surface area contributed by atoms with Crippen LogP contribution in [0.3, 0.4) is 0 Å². The number of nitrogens with two attached hydrogens (primary N) is 1. The van der Waals surface area contributed by atoms with Crippen LogP contribution >= 0.6 is 0 Å². The standard InChI is InChI=1S/C13H19N3O4S/c14-21(19,20)12-7-3-10(4-8-12)16-13(18)15-9-1-5-11(17)6-2-9/h3-4,7-9,11,17H,1-2,5-6H2,(H2,14,19,20)(H2,15,16,18). The van der Waals surface area contributed by atoms with E-state index in [0.29, 0.717) is 18.5 Å². The zero-order valence-corrected chi connectivity index (χ0v) is 12.3. The molecule has 116 valence electrons. The number of aliphatic hydroxyl groups excluding tert-OH is 1. The average molecular weight is 313 g/mol. The summed E-state index contributed by atoms with van der Waals surface area (Å²) in [5.74, 6) is 0. The summed E-state index contributed by atoms with van der Waals surface area (Å²) in [5, 5.41) is 19.9. The van der Waals surface area contributed by atoms with Crippen molar-refractivity contribution in [1.82, 2.24) is 5.32 Å². The lowest BCUT2D eigenvalue weighted by molar-refractivity contribution is 0.118. The van der Waals surface area contributed by atoms with Crippen molar-refractivity contribution in [2.75, 3.05) is 5.32 Å². The predicted octanol–water partition coefficient (Wildman–Crippen LogP) is 0.759. The summed E-state index contributed by atoms with van der Waals surface area (Å²) in [7, 11) is -3.73. The third kappa shape index (κ3) is 4.69. The van der Waals surface area contributed by atoms with E-state index < -0.39 is 10.0 Å². The molecule has 2 rings (SSSR count). The van der Waals surface area contributed by atoms with Crippen molar-refractivity contribution in [3.8, 4) is 0 Å². The number of nitrogens with one attached hydrogen (secondary N) is 2. The van der Waals surface area contributed by atoms with Gasteiger partial charge in [-0.2, -0.15) is 0 Å². The van der Waals surface area contributed by atoms with Crippen LogP contribution in [-0.4, -0.2) is 31.7 Å². The summed E-state index contributed by atoms with van der Waals surface area (Å²) in [6.45, 7) is 0. The van der Waals surface area contributed by atoms with E-state index in [2.05, 4.69) is 10.6 Å². The Morgan fingerprint density at radius 3 is 2.24 bits per heavy atom. The lowest BCUT2D eigenvalue weighted by atomic mass is 9.93. The first-order valence-corrected chi connectivity index (χ1v) is 8.27. The Bertz CT molecular complexity index is 592. The molecule has 1 aromatic carbocycles. The molecule has 0 atom stereocenters. The Morgan fingerprint density at radius 1 is 1.14 bits per heavy atom. The maximum Gasteiger partial charge on any atom is 0.319 e. The average Bonchev–Trinajstić information content (AvgIpc) is 2.41. The van der Waals surface area contributed by atoms with Gasteiger partial charge in [-0.15, -0.1) is 0 Å². The van der Waals surface area contributed by atoms with Crippen LogP contribution < -0.4 is 15.8 Å². The van der Waals surface area contributed by atoms with Gasteiger partial charge in [-0.3, -0.25) is 0 Å². The monoisotopic (exact) mass is 313 g/mol. The van der Waals surface area contributed by atoms with Crippen LogP contribution in [0.25, 0.3) is 0 Å². The minimum atomic E-state index is -3.73. The molecule has 5 N–H and O–H groups in total. The zero-order valence-electron chi connectivity index (χ0n) is 11.5. The summed E-state index contributed by atoms with van der Waals surface area (Å²) in [6.07, 6.45) is 2.61. The van der Waals surface area contributed by atoms with Crippen LogP contribution in [0.2, 0.25) is 0 Å². The van der Waals surface area contributed by atoms with Gasteiger partial charge in [0.05, 0.1) is 11.0 Å². The Hall–Kier alpha value is -1.64. The van der Waals surface area contributed by atoms with E-state index in [1.165, 1.54) is 24.3 Å². The number of amides is 2. The SMILES string of the molecule is NS(=O)(=O)c1ccc(NC(=O)NC2CCC(O)CC2)cc1. The molecule has 2 amide bonds. The summed E-state index contributed by atoms with van der Waals surface area (Å²) in [6, 6.07) is 5.33. The van der Waals surface area contributed by atoms with Gasteiger partial charge in [0.25, 0.3) is 0 Å². The molecule has 0 saturated heterocycles. The molecular formula is C13H19N3O4S. The number of carbonyl (C=O) groups is 1. The minimum Gasteiger partial charge on any atom is -0.393 e. The van der Waals surface area contributed by atoms with Crippen LogP contribution in [0.1, 0.15) is 25.7 Å². The Balaban J connectivity index is 1.88. The highest BCUT2D eigenvalue weighted by Crippen LogP contribution is 2.18. The summed E-state index contributed by atoms with van der Waals surface area (Å²) in [4.78, 5) is 11.8. The van der Waals surface area contributed by atoms with Crippen LogP contribution in [-0.2, 0) is 10.0 Å². The van der Waals surface area contributed by atoms with Gasteiger partial charge >= 0.3 is 6.03 Å². The highest BCUT2D eigenvalue weighted by molar-refractivity contribution is 7.89. The molecule has 7 nitrogen and oxygen atoms in total. The van der Waals surface area contributed by atoms with Gasteiger partial charge in [-0.1, -0.05) is 0 Å². The van der Waals surface area contributed by atoms with Gasteiger partial charge in [0.15, 0.2) is 0 Å². The van der Waals surface area contributed by atoms with E-state index in [1.807, 2.05) is 0 Å². The molecule has 0 unspecified atom stereocenters. The van der Waals surface area contributed by atoms with Crippen molar-refractivity contribution >= 4 is 21.7 Å². The van der Waals surface area contributed by atoms with Crippen LogP contribution in [0.4, 0.5) is 10.5 Å². The molecule has 1 aromatic rings. The first kappa shape index (κ1) is 15.7. The number of sulfonamides is 1. The van der Waals surface area contributed by atoms with Crippen LogP contribution in [0, 0.1) is 0 Å². The quantitative estimate of drug-likeness (QED) is 0.658. The van der Waals surface area contributed by atoms with Crippen molar-refractivity contribution in [2.45, 2.75) is 42.7 Å². The number of hydrogen-bond acceptors (Lipinski definition) is 4. The molecule has 0 spiro atoms. The molecular weight excluding hydrogens is 294 g/mol. The van der Waals surface area contributed by atoms with Gasteiger partial charge in [-0.25, -0.2) is 18.4 Å². The van der Waals surface area contributed by atoms with Gasteiger partial charge in [0, 0.05) is 11.7 Å². The molecule has 1 aliphatic rings. The highest BCUT2D eigenvalue weighted by atomic mass is 32.2. The maximum absolute atomic E-state index is 11.8. The summed E-state index contributed by atoms with van der Waals surface area (Å²) < 4.78 is 22.2. The molecule has 0 aromatic heterocycles. The number of primary sulfonamides is 1. The molecule has 0 aliphatic heterocycles. The number of urea groups is 1. The van der Waals surface area contributed by atoms with Crippen LogP contribution in [0.5, 0.6) is 0 Å². The van der Waals surface area contributed by atoms with Gasteiger partial charge in [0.2, 0.25) is 10.0 Å². The Morgan fingerprint density at radius 2 is 1.71 bits per heavy atom. The first-order chi connectivity index (χ1) is 9.84. The predicted molar refractivity (Wildman–Crippen MR) is 78.2 cm³/mol. The third-order valence-corrected chi connectivity index (χ3v) is 4.40. The van der Waals surface area contributed by atoms with Crippen molar-refractivity contribution < 1.29 is 18.3 Å². The van der Waals surface area contributed by atoms with Crippen molar-refractivity contribution in [2.24, 2.45) is 5.14 Å². The molecule has 1 fully saturated rings. The number of benzene rings is 1. The van der Waals surface area contributed by atoms with Crippen molar-refractivity contribution in [3.05, 3.63) is 24.3 Å². The van der Waals surface area contributed by atoms with E-state index in [4.69, 9.17) is 5.14 Å². The van der Waals surface area contributed by atoms with E-state index in [1.54, 1.807) is 0 Å². The second-order valence-corrected chi connectivity index (χ2v) is 6.73. The molecule has 8 heteroatoms.